The van der Waals surface area contributed by atoms with Gasteiger partial charge in [0, 0.05) is 17.3 Å². The Labute approximate surface area is 132 Å². The van der Waals surface area contributed by atoms with Gasteiger partial charge in [-0.25, -0.2) is 4.79 Å². The van der Waals surface area contributed by atoms with Crippen LogP contribution in [0.2, 0.25) is 0 Å². The van der Waals surface area contributed by atoms with Gasteiger partial charge in [-0.1, -0.05) is 24.3 Å². The maximum atomic E-state index is 12.0. The summed E-state index contributed by atoms with van der Waals surface area (Å²) in [4.78, 5) is 15.0. The van der Waals surface area contributed by atoms with Crippen molar-refractivity contribution in [1.82, 2.24) is 4.98 Å². The van der Waals surface area contributed by atoms with Crippen molar-refractivity contribution < 1.29 is 19.7 Å². The Morgan fingerprint density at radius 2 is 1.43 bits per heavy atom. The molecule has 0 atom stereocenters. The van der Waals surface area contributed by atoms with Crippen LogP contribution in [0.4, 0.5) is 0 Å². The first-order valence-corrected chi connectivity index (χ1v) is 6.98. The third-order valence-corrected chi connectivity index (χ3v) is 3.60. The van der Waals surface area contributed by atoms with Gasteiger partial charge in [-0.2, -0.15) is 0 Å². The van der Waals surface area contributed by atoms with E-state index in [9.17, 15) is 15.0 Å². The minimum Gasteiger partial charge on any atom is -0.508 e. The van der Waals surface area contributed by atoms with E-state index < -0.39 is 5.97 Å². The van der Waals surface area contributed by atoms with E-state index in [1.165, 1.54) is 7.11 Å². The fourth-order valence-corrected chi connectivity index (χ4v) is 2.48. The highest BCUT2D eigenvalue weighted by atomic mass is 16.5. The van der Waals surface area contributed by atoms with E-state index in [-0.39, 0.29) is 11.5 Å². The number of hydrogen-bond donors (Lipinski definition) is 3. The zero-order valence-electron chi connectivity index (χ0n) is 12.4. The molecule has 23 heavy (non-hydrogen) atoms. The van der Waals surface area contributed by atoms with E-state index in [0.717, 1.165) is 16.7 Å². The number of esters is 1. The van der Waals surface area contributed by atoms with Crippen LogP contribution in [0.25, 0.3) is 22.3 Å². The fourth-order valence-electron chi connectivity index (χ4n) is 2.48. The molecule has 0 saturated carbocycles. The second-order valence-corrected chi connectivity index (χ2v) is 5.04. The second kappa shape index (κ2) is 5.88. The monoisotopic (exact) mass is 309 g/mol. The molecule has 0 amide bonds. The molecular weight excluding hydrogens is 294 g/mol. The fraction of sp³-hybridized carbons (Fsp3) is 0.0556. The summed E-state index contributed by atoms with van der Waals surface area (Å²) >= 11 is 0. The van der Waals surface area contributed by atoms with Gasteiger partial charge in [0.25, 0.3) is 0 Å². The van der Waals surface area contributed by atoms with Crippen molar-refractivity contribution in [2.24, 2.45) is 0 Å². The van der Waals surface area contributed by atoms with Gasteiger partial charge in [0.15, 0.2) is 0 Å². The number of ether oxygens (including phenoxy) is 1. The Balaban J connectivity index is 2.20. The minimum absolute atomic E-state index is 0.148. The van der Waals surface area contributed by atoms with Gasteiger partial charge in [-0.15, -0.1) is 0 Å². The Hall–Kier alpha value is -3.21. The standard InChI is InChI=1S/C18H15NO4/c1-23-18(22)17-16(12-4-8-14(21)9-5-12)15(10-19-17)11-2-6-13(20)7-3-11/h2-10,19-21H,1H3. The number of hydrogen-bond acceptors (Lipinski definition) is 4. The van der Waals surface area contributed by atoms with Crippen LogP contribution in [0.5, 0.6) is 11.5 Å². The number of aromatic amines is 1. The molecule has 3 N–H and O–H groups in total. The third kappa shape index (κ3) is 2.76. The number of H-pyrrole nitrogens is 1. The first kappa shape index (κ1) is 14.7. The predicted molar refractivity (Wildman–Crippen MR) is 86.3 cm³/mol. The number of aromatic nitrogens is 1. The van der Waals surface area contributed by atoms with Crippen LogP contribution in [0.15, 0.2) is 54.7 Å². The van der Waals surface area contributed by atoms with Crippen molar-refractivity contribution in [2.75, 3.05) is 7.11 Å². The molecule has 2 aromatic carbocycles. The summed E-state index contributed by atoms with van der Waals surface area (Å²) in [6.07, 6.45) is 1.72. The normalized spacial score (nSPS) is 10.5. The molecule has 0 unspecified atom stereocenters. The van der Waals surface area contributed by atoms with Gasteiger partial charge in [0.2, 0.25) is 0 Å². The molecule has 0 aliphatic heterocycles. The molecular formula is C18H15NO4. The average Bonchev–Trinajstić information content (AvgIpc) is 3.00. The van der Waals surface area contributed by atoms with E-state index in [2.05, 4.69) is 4.98 Å². The highest BCUT2D eigenvalue weighted by Crippen LogP contribution is 2.36. The lowest BCUT2D eigenvalue weighted by Crippen LogP contribution is -2.03. The van der Waals surface area contributed by atoms with Crippen LogP contribution in [0.3, 0.4) is 0 Å². The summed E-state index contributed by atoms with van der Waals surface area (Å²) in [5.41, 5.74) is 3.43. The lowest BCUT2D eigenvalue weighted by atomic mass is 9.96. The van der Waals surface area contributed by atoms with E-state index >= 15 is 0 Å². The maximum Gasteiger partial charge on any atom is 0.355 e. The summed E-state index contributed by atoms with van der Waals surface area (Å²) in [5, 5.41) is 18.9. The largest absolute Gasteiger partial charge is 0.508 e. The SMILES string of the molecule is COC(=O)c1[nH]cc(-c2ccc(O)cc2)c1-c1ccc(O)cc1. The summed E-state index contributed by atoms with van der Waals surface area (Å²) in [7, 11) is 1.32. The van der Waals surface area contributed by atoms with Gasteiger partial charge in [0.05, 0.1) is 7.11 Å². The van der Waals surface area contributed by atoms with E-state index in [1.54, 1.807) is 54.7 Å². The van der Waals surface area contributed by atoms with Gasteiger partial charge < -0.3 is 19.9 Å². The van der Waals surface area contributed by atoms with Crippen LogP contribution >= 0.6 is 0 Å². The zero-order chi connectivity index (χ0) is 16.4. The summed E-state index contributed by atoms with van der Waals surface area (Å²) < 4.78 is 4.83. The number of aromatic hydroxyl groups is 2. The highest BCUT2D eigenvalue weighted by molar-refractivity contribution is 6.01. The minimum atomic E-state index is -0.474. The van der Waals surface area contributed by atoms with E-state index in [0.29, 0.717) is 11.3 Å². The number of nitrogens with one attached hydrogen (secondary N) is 1. The molecule has 1 aromatic heterocycles. The summed E-state index contributed by atoms with van der Waals surface area (Å²) in [6.45, 7) is 0. The van der Waals surface area contributed by atoms with Crippen molar-refractivity contribution in [3.63, 3.8) is 0 Å². The van der Waals surface area contributed by atoms with E-state index in [1.807, 2.05) is 0 Å². The Morgan fingerprint density at radius 3 is 1.96 bits per heavy atom. The second-order valence-electron chi connectivity index (χ2n) is 5.04. The molecule has 5 nitrogen and oxygen atoms in total. The van der Waals surface area contributed by atoms with Crippen molar-refractivity contribution >= 4 is 5.97 Å². The zero-order valence-corrected chi connectivity index (χ0v) is 12.4. The molecule has 0 saturated heterocycles. The van der Waals surface area contributed by atoms with Crippen molar-refractivity contribution in [3.05, 3.63) is 60.4 Å². The number of carbonyl (C=O) groups excluding carboxylic acids is 1. The van der Waals surface area contributed by atoms with Crippen LogP contribution in [-0.4, -0.2) is 28.3 Å². The van der Waals surface area contributed by atoms with Crippen LogP contribution < -0.4 is 0 Å². The Bertz CT molecular complexity index is 832. The summed E-state index contributed by atoms with van der Waals surface area (Å²) in [5.74, 6) is -0.156. The van der Waals surface area contributed by atoms with Gasteiger partial charge in [-0.3, -0.25) is 0 Å². The highest BCUT2D eigenvalue weighted by Gasteiger charge is 2.20. The van der Waals surface area contributed by atoms with E-state index in [4.69, 9.17) is 4.74 Å². The molecule has 0 aliphatic carbocycles. The Kier molecular flexibility index (Phi) is 3.76. The topological polar surface area (TPSA) is 82.6 Å². The predicted octanol–water partition coefficient (Wildman–Crippen LogP) is 3.55. The van der Waals surface area contributed by atoms with Crippen LogP contribution in [0, 0.1) is 0 Å². The first-order chi connectivity index (χ1) is 11.1. The molecule has 0 bridgehead atoms. The molecule has 0 spiro atoms. The number of rotatable bonds is 3. The van der Waals surface area contributed by atoms with Gasteiger partial charge >= 0.3 is 5.97 Å². The summed E-state index contributed by atoms with van der Waals surface area (Å²) in [6, 6.07) is 13.3. The van der Waals surface area contributed by atoms with Gasteiger partial charge in [0.1, 0.15) is 17.2 Å². The molecule has 0 fully saturated rings. The van der Waals surface area contributed by atoms with Crippen LogP contribution in [0.1, 0.15) is 10.5 Å². The maximum absolute atomic E-state index is 12.0. The lowest BCUT2D eigenvalue weighted by molar-refractivity contribution is 0.0595. The molecule has 116 valence electrons. The van der Waals surface area contributed by atoms with Crippen LogP contribution in [-0.2, 0) is 4.74 Å². The first-order valence-electron chi connectivity index (χ1n) is 6.98. The third-order valence-electron chi connectivity index (χ3n) is 3.60. The van der Waals surface area contributed by atoms with Crippen molar-refractivity contribution in [2.45, 2.75) is 0 Å². The lowest BCUT2D eigenvalue weighted by Gasteiger charge is -2.08. The number of benzene rings is 2. The number of phenolic OH excluding ortho intramolecular Hbond substituents is 2. The van der Waals surface area contributed by atoms with Gasteiger partial charge in [-0.05, 0) is 35.4 Å². The number of methoxy groups -OCH3 is 1. The quantitative estimate of drug-likeness (QED) is 0.646. The molecule has 1 heterocycles. The molecule has 5 heteroatoms. The molecule has 0 aliphatic rings. The Morgan fingerprint density at radius 1 is 0.913 bits per heavy atom. The molecule has 3 rings (SSSR count). The number of carbonyl (C=O) groups is 1. The smallest absolute Gasteiger partial charge is 0.355 e. The molecule has 3 aromatic rings. The average molecular weight is 309 g/mol. The van der Waals surface area contributed by atoms with Crippen molar-refractivity contribution in [1.29, 1.82) is 0 Å². The molecule has 0 radical (unpaired) electrons. The number of phenols is 2. The van der Waals surface area contributed by atoms with Crippen molar-refractivity contribution in [3.8, 4) is 33.8 Å².